The molecule has 0 unspecified atom stereocenters. The van der Waals surface area contributed by atoms with Crippen molar-refractivity contribution in [2.45, 2.75) is 32.3 Å². The minimum absolute atomic E-state index is 0.658. The predicted octanol–water partition coefficient (Wildman–Crippen LogP) is 0.508. The van der Waals surface area contributed by atoms with Crippen molar-refractivity contribution >= 4 is 19.5 Å². The van der Waals surface area contributed by atoms with E-state index in [0.717, 1.165) is 6.92 Å². The van der Waals surface area contributed by atoms with Crippen molar-refractivity contribution in [1.29, 1.82) is 0 Å². The highest BCUT2D eigenvalue weighted by Gasteiger charge is 2.53. The first-order valence-corrected chi connectivity index (χ1v) is 5.98. The average Bonchev–Trinajstić information content (AvgIpc) is 2.00. The lowest BCUT2D eigenvalue weighted by molar-refractivity contribution is -0.149. The highest BCUT2D eigenvalue weighted by molar-refractivity contribution is 7.54. The molecule has 0 saturated heterocycles. The van der Waals surface area contributed by atoms with Crippen LogP contribution in [0.2, 0.25) is 0 Å². The molecular formula is C8H15O7P. The van der Waals surface area contributed by atoms with Crippen LogP contribution in [0.5, 0.6) is 0 Å². The molecule has 16 heavy (non-hydrogen) atoms. The number of aliphatic carboxylic acids is 2. The van der Waals surface area contributed by atoms with Gasteiger partial charge in [-0.3, -0.25) is 14.2 Å². The number of carbonyl (C=O) groups is 2. The van der Waals surface area contributed by atoms with Crippen LogP contribution >= 0.6 is 7.60 Å². The summed E-state index contributed by atoms with van der Waals surface area (Å²) in [6.45, 7) is 3.28. The third-order valence-corrected chi connectivity index (χ3v) is 4.10. The molecule has 94 valence electrons. The number of rotatable bonds is 5. The first-order chi connectivity index (χ1) is 6.84. The standard InChI is InChI=1S/C8H15O7P/c1-7(2,5(9)10)4-8(3,6(11)12)16(13,14)15/h4H2,1-3H3,(H,9,10)(H,11,12)(H2,13,14,15)/t8-/m1/s1. The molecule has 0 aromatic carbocycles. The average molecular weight is 254 g/mol. The van der Waals surface area contributed by atoms with Crippen LogP contribution in [-0.4, -0.2) is 37.1 Å². The Balaban J connectivity index is 5.38. The molecule has 0 heterocycles. The van der Waals surface area contributed by atoms with Gasteiger partial charge in [0.2, 0.25) is 0 Å². The van der Waals surface area contributed by atoms with E-state index in [1.54, 1.807) is 0 Å². The maximum absolute atomic E-state index is 11.1. The van der Waals surface area contributed by atoms with Gasteiger partial charge in [-0.2, -0.15) is 0 Å². The molecule has 1 atom stereocenters. The topological polar surface area (TPSA) is 132 Å². The van der Waals surface area contributed by atoms with Gasteiger partial charge in [-0.25, -0.2) is 0 Å². The summed E-state index contributed by atoms with van der Waals surface area (Å²) in [5.41, 5.74) is -1.53. The van der Waals surface area contributed by atoms with Crippen molar-refractivity contribution in [3.05, 3.63) is 0 Å². The number of carboxylic acids is 2. The maximum atomic E-state index is 11.1. The minimum Gasteiger partial charge on any atom is -0.481 e. The molecule has 0 aliphatic carbocycles. The molecule has 0 spiro atoms. The fraction of sp³-hybridized carbons (Fsp3) is 0.750. The molecule has 0 radical (unpaired) electrons. The van der Waals surface area contributed by atoms with Gasteiger partial charge in [0.1, 0.15) is 0 Å². The SMILES string of the molecule is CC(C)(C[C@](C)(C(=O)O)P(=O)(O)O)C(=O)O. The van der Waals surface area contributed by atoms with Gasteiger partial charge in [-0.05, 0) is 27.2 Å². The summed E-state index contributed by atoms with van der Waals surface area (Å²) in [5.74, 6) is -3.02. The molecule has 0 rings (SSSR count). The van der Waals surface area contributed by atoms with E-state index < -0.39 is 36.5 Å². The molecule has 8 heteroatoms. The summed E-state index contributed by atoms with van der Waals surface area (Å²) >= 11 is 0. The third kappa shape index (κ3) is 2.81. The first kappa shape index (κ1) is 15.1. The van der Waals surface area contributed by atoms with Gasteiger partial charge < -0.3 is 20.0 Å². The van der Waals surface area contributed by atoms with Crippen LogP contribution in [-0.2, 0) is 14.2 Å². The Morgan fingerprint density at radius 3 is 1.62 bits per heavy atom. The fourth-order valence-corrected chi connectivity index (χ4v) is 2.09. The quantitative estimate of drug-likeness (QED) is 0.525. The van der Waals surface area contributed by atoms with Crippen LogP contribution < -0.4 is 0 Å². The summed E-state index contributed by atoms with van der Waals surface area (Å²) in [7, 11) is -4.94. The zero-order valence-corrected chi connectivity index (χ0v) is 10.1. The molecule has 0 saturated carbocycles. The molecule has 0 aliphatic rings. The highest BCUT2D eigenvalue weighted by atomic mass is 31.2. The normalized spacial score (nSPS) is 16.6. The third-order valence-electron chi connectivity index (χ3n) is 2.47. The summed E-state index contributed by atoms with van der Waals surface area (Å²) < 4.78 is 11.1. The van der Waals surface area contributed by atoms with Crippen molar-refractivity contribution in [1.82, 2.24) is 0 Å². The van der Waals surface area contributed by atoms with E-state index in [-0.39, 0.29) is 0 Å². The van der Waals surface area contributed by atoms with Crippen LogP contribution in [0.1, 0.15) is 27.2 Å². The van der Waals surface area contributed by atoms with E-state index in [0.29, 0.717) is 0 Å². The first-order valence-electron chi connectivity index (χ1n) is 4.37. The Morgan fingerprint density at radius 2 is 1.44 bits per heavy atom. The van der Waals surface area contributed by atoms with Crippen molar-refractivity contribution in [3.63, 3.8) is 0 Å². The van der Waals surface area contributed by atoms with Crippen LogP contribution in [0.25, 0.3) is 0 Å². The molecule has 0 aromatic rings. The summed E-state index contributed by atoms with van der Waals surface area (Å²) in [4.78, 5) is 39.7. The van der Waals surface area contributed by atoms with Gasteiger partial charge in [0.15, 0.2) is 5.16 Å². The smallest absolute Gasteiger partial charge is 0.342 e. The lowest BCUT2D eigenvalue weighted by Gasteiger charge is -2.31. The Bertz CT molecular complexity index is 355. The fourth-order valence-electron chi connectivity index (χ4n) is 1.24. The monoisotopic (exact) mass is 254 g/mol. The van der Waals surface area contributed by atoms with Crippen molar-refractivity contribution in [2.24, 2.45) is 5.41 Å². The Hall–Kier alpha value is -0.910. The maximum Gasteiger partial charge on any atom is 0.342 e. The van der Waals surface area contributed by atoms with Crippen LogP contribution in [0.4, 0.5) is 0 Å². The zero-order chi connectivity index (χ0) is 13.4. The van der Waals surface area contributed by atoms with Crippen LogP contribution in [0.3, 0.4) is 0 Å². The van der Waals surface area contributed by atoms with Gasteiger partial charge in [-0.15, -0.1) is 0 Å². The van der Waals surface area contributed by atoms with E-state index in [1.165, 1.54) is 13.8 Å². The summed E-state index contributed by atoms with van der Waals surface area (Å²) in [6, 6.07) is 0. The van der Waals surface area contributed by atoms with Crippen molar-refractivity contribution in [2.75, 3.05) is 0 Å². The summed E-state index contributed by atoms with van der Waals surface area (Å²) in [6.07, 6.45) is -0.658. The van der Waals surface area contributed by atoms with Crippen LogP contribution in [0, 0.1) is 5.41 Å². The van der Waals surface area contributed by atoms with Gasteiger partial charge in [0, 0.05) is 0 Å². The Labute approximate surface area is 92.3 Å². The highest BCUT2D eigenvalue weighted by Crippen LogP contribution is 2.55. The number of hydrogen-bond donors (Lipinski definition) is 4. The second kappa shape index (κ2) is 4.16. The Morgan fingerprint density at radius 1 is 1.06 bits per heavy atom. The van der Waals surface area contributed by atoms with E-state index in [4.69, 9.17) is 20.0 Å². The molecule has 0 aliphatic heterocycles. The lowest BCUT2D eigenvalue weighted by atomic mass is 9.83. The van der Waals surface area contributed by atoms with Crippen LogP contribution in [0.15, 0.2) is 0 Å². The molecule has 7 nitrogen and oxygen atoms in total. The second-order valence-electron chi connectivity index (χ2n) is 4.49. The van der Waals surface area contributed by atoms with Crippen molar-refractivity contribution < 1.29 is 34.2 Å². The van der Waals surface area contributed by atoms with Gasteiger partial charge >= 0.3 is 19.5 Å². The second-order valence-corrected chi connectivity index (χ2v) is 6.56. The predicted molar refractivity (Wildman–Crippen MR) is 54.1 cm³/mol. The van der Waals surface area contributed by atoms with Gasteiger partial charge in [0.05, 0.1) is 5.41 Å². The Kier molecular flexibility index (Phi) is 3.92. The summed E-state index contributed by atoms with van der Waals surface area (Å²) in [5, 5.41) is 15.2. The molecule has 4 N–H and O–H groups in total. The van der Waals surface area contributed by atoms with E-state index in [2.05, 4.69) is 0 Å². The van der Waals surface area contributed by atoms with Gasteiger partial charge in [-0.1, -0.05) is 0 Å². The molecule has 0 fully saturated rings. The largest absolute Gasteiger partial charge is 0.481 e. The zero-order valence-electron chi connectivity index (χ0n) is 9.17. The van der Waals surface area contributed by atoms with E-state index >= 15 is 0 Å². The van der Waals surface area contributed by atoms with E-state index in [1.807, 2.05) is 0 Å². The number of carboxylic acid groups (broad SMARTS) is 2. The number of hydrogen-bond acceptors (Lipinski definition) is 3. The molecular weight excluding hydrogens is 239 g/mol. The lowest BCUT2D eigenvalue weighted by Crippen LogP contribution is -2.42. The molecule has 0 bridgehead atoms. The van der Waals surface area contributed by atoms with E-state index in [9.17, 15) is 14.2 Å². The van der Waals surface area contributed by atoms with Gasteiger partial charge in [0.25, 0.3) is 0 Å². The molecule has 0 aromatic heterocycles. The minimum atomic E-state index is -4.94. The molecule has 0 amide bonds. The van der Waals surface area contributed by atoms with Crippen molar-refractivity contribution in [3.8, 4) is 0 Å².